The maximum atomic E-state index is 12.0. The van der Waals surface area contributed by atoms with Crippen molar-refractivity contribution in [2.24, 2.45) is 4.99 Å². The van der Waals surface area contributed by atoms with Crippen molar-refractivity contribution in [3.63, 3.8) is 0 Å². The molecule has 7 nitrogen and oxygen atoms in total. The highest BCUT2D eigenvalue weighted by atomic mass is 127. The van der Waals surface area contributed by atoms with Crippen LogP contribution < -0.4 is 20.9 Å². The molecular formula is C22H31IN6OS. The smallest absolute Gasteiger partial charge is 0.225 e. The van der Waals surface area contributed by atoms with Crippen molar-refractivity contribution in [2.45, 2.75) is 38.5 Å². The molecule has 1 aromatic carbocycles. The normalized spacial score (nSPS) is 18.2. The van der Waals surface area contributed by atoms with Crippen molar-refractivity contribution in [3.8, 4) is 0 Å². The van der Waals surface area contributed by atoms with E-state index in [1.54, 1.807) is 11.3 Å². The van der Waals surface area contributed by atoms with Crippen LogP contribution in [0.15, 0.2) is 34.6 Å². The fraction of sp³-hybridized carbons (Fsp3) is 0.500. The third-order valence-electron chi connectivity index (χ3n) is 5.51. The van der Waals surface area contributed by atoms with Gasteiger partial charge in [0.1, 0.15) is 0 Å². The standard InChI is InChI=1S/C22H30N6OS.HI/c1-2-23-21(24-10-9-17-15-30-22(26-17)28-11-5-6-12-28)25-14-16-13-20(29)27-19-8-4-3-7-18(16)19;/h3-4,7-8,15-16H,2,5-6,9-14H2,1H3,(H,27,29)(H2,23,24,25);1H. The summed E-state index contributed by atoms with van der Waals surface area (Å²) in [5, 5.41) is 13.0. The molecule has 3 N–H and O–H groups in total. The molecule has 0 saturated carbocycles. The molecule has 0 bridgehead atoms. The Hall–Kier alpha value is -1.88. The minimum Gasteiger partial charge on any atom is -0.357 e. The molecule has 4 rings (SSSR count). The van der Waals surface area contributed by atoms with Gasteiger partial charge in [-0.3, -0.25) is 9.79 Å². The van der Waals surface area contributed by atoms with Crippen LogP contribution in [-0.2, 0) is 11.2 Å². The summed E-state index contributed by atoms with van der Waals surface area (Å²) in [5.41, 5.74) is 3.20. The Balaban J connectivity index is 0.00000272. The Bertz CT molecular complexity index is 896. The van der Waals surface area contributed by atoms with Crippen LogP contribution in [0.3, 0.4) is 0 Å². The molecule has 1 atom stereocenters. The number of rotatable bonds is 7. The number of amides is 1. The Morgan fingerprint density at radius 3 is 2.90 bits per heavy atom. The molecule has 0 aliphatic carbocycles. The second-order valence-corrected chi connectivity index (χ2v) is 8.59. The quantitative estimate of drug-likeness (QED) is 0.277. The summed E-state index contributed by atoms with van der Waals surface area (Å²) in [6.07, 6.45) is 3.87. The first-order valence-corrected chi connectivity index (χ1v) is 11.7. The zero-order valence-electron chi connectivity index (χ0n) is 17.9. The van der Waals surface area contributed by atoms with Crippen molar-refractivity contribution in [2.75, 3.05) is 42.9 Å². The zero-order chi connectivity index (χ0) is 20.8. The van der Waals surface area contributed by atoms with Gasteiger partial charge in [0.2, 0.25) is 5.91 Å². The Morgan fingerprint density at radius 2 is 2.10 bits per heavy atom. The number of halogens is 1. The van der Waals surface area contributed by atoms with E-state index in [4.69, 9.17) is 9.98 Å². The van der Waals surface area contributed by atoms with E-state index in [1.165, 1.54) is 12.8 Å². The summed E-state index contributed by atoms with van der Waals surface area (Å²) in [7, 11) is 0. The number of carbonyl (C=O) groups is 1. The molecule has 1 fully saturated rings. The van der Waals surface area contributed by atoms with Crippen molar-refractivity contribution in [1.82, 2.24) is 15.6 Å². The van der Waals surface area contributed by atoms with E-state index in [0.29, 0.717) is 13.0 Å². The number of nitrogens with one attached hydrogen (secondary N) is 3. The maximum Gasteiger partial charge on any atom is 0.225 e. The number of hydrogen-bond donors (Lipinski definition) is 3. The number of thiazole rings is 1. The summed E-state index contributed by atoms with van der Waals surface area (Å²) in [5.74, 6) is 0.951. The summed E-state index contributed by atoms with van der Waals surface area (Å²) < 4.78 is 0. The van der Waals surface area contributed by atoms with Crippen LogP contribution in [0.1, 0.15) is 43.4 Å². The summed E-state index contributed by atoms with van der Waals surface area (Å²) in [4.78, 5) is 24.0. The van der Waals surface area contributed by atoms with Crippen LogP contribution in [0.25, 0.3) is 0 Å². The van der Waals surface area contributed by atoms with Gasteiger partial charge in [-0.05, 0) is 31.4 Å². The lowest BCUT2D eigenvalue weighted by Gasteiger charge is -2.24. The van der Waals surface area contributed by atoms with Gasteiger partial charge in [0, 0.05) is 56.0 Å². The topological polar surface area (TPSA) is 81.6 Å². The fourth-order valence-corrected chi connectivity index (χ4v) is 4.90. The number of hydrogen-bond acceptors (Lipinski definition) is 5. The number of guanidine groups is 1. The number of carbonyl (C=O) groups excluding carboxylic acids is 1. The molecule has 31 heavy (non-hydrogen) atoms. The lowest BCUT2D eigenvalue weighted by atomic mass is 9.91. The van der Waals surface area contributed by atoms with Gasteiger partial charge in [-0.25, -0.2) is 4.98 Å². The van der Waals surface area contributed by atoms with Gasteiger partial charge < -0.3 is 20.9 Å². The van der Waals surface area contributed by atoms with Crippen LogP contribution in [0.2, 0.25) is 0 Å². The van der Waals surface area contributed by atoms with Gasteiger partial charge in [0.25, 0.3) is 0 Å². The SMILES string of the molecule is CCNC(=NCC1CC(=O)Nc2ccccc21)NCCc1csc(N2CCCC2)n1.I. The average Bonchev–Trinajstić information content (AvgIpc) is 3.43. The molecular weight excluding hydrogens is 523 g/mol. The molecule has 0 spiro atoms. The number of aromatic nitrogens is 1. The van der Waals surface area contributed by atoms with Gasteiger partial charge in [-0.1, -0.05) is 18.2 Å². The molecule has 1 amide bonds. The highest BCUT2D eigenvalue weighted by Gasteiger charge is 2.24. The minimum absolute atomic E-state index is 0. The first kappa shape index (κ1) is 23.8. The third kappa shape index (κ3) is 6.31. The fourth-order valence-electron chi connectivity index (χ4n) is 3.98. The predicted molar refractivity (Wildman–Crippen MR) is 139 cm³/mol. The van der Waals surface area contributed by atoms with Gasteiger partial charge >= 0.3 is 0 Å². The Labute approximate surface area is 205 Å². The third-order valence-corrected chi connectivity index (χ3v) is 6.46. The molecule has 9 heteroatoms. The van der Waals surface area contributed by atoms with E-state index in [1.807, 2.05) is 18.2 Å². The number of nitrogens with zero attached hydrogens (tertiary/aromatic N) is 3. The minimum atomic E-state index is 0. The van der Waals surface area contributed by atoms with Gasteiger partial charge in [-0.15, -0.1) is 35.3 Å². The number of aliphatic imine (C=N–C) groups is 1. The highest BCUT2D eigenvalue weighted by molar-refractivity contribution is 14.0. The van der Waals surface area contributed by atoms with E-state index in [0.717, 1.165) is 60.6 Å². The Morgan fingerprint density at radius 1 is 1.29 bits per heavy atom. The van der Waals surface area contributed by atoms with Crippen LogP contribution in [0.5, 0.6) is 0 Å². The number of benzene rings is 1. The van der Waals surface area contributed by atoms with Crippen LogP contribution in [0.4, 0.5) is 10.8 Å². The van der Waals surface area contributed by atoms with E-state index < -0.39 is 0 Å². The van der Waals surface area contributed by atoms with Gasteiger partial charge in [0.05, 0.1) is 12.2 Å². The lowest BCUT2D eigenvalue weighted by molar-refractivity contribution is -0.116. The van der Waals surface area contributed by atoms with E-state index in [-0.39, 0.29) is 35.8 Å². The van der Waals surface area contributed by atoms with E-state index in [9.17, 15) is 4.79 Å². The van der Waals surface area contributed by atoms with Crippen molar-refractivity contribution in [1.29, 1.82) is 0 Å². The molecule has 1 saturated heterocycles. The second kappa shape index (κ2) is 11.7. The first-order chi connectivity index (χ1) is 14.7. The van der Waals surface area contributed by atoms with Crippen LogP contribution in [-0.4, -0.2) is 49.6 Å². The number of anilines is 2. The van der Waals surface area contributed by atoms with Crippen molar-refractivity contribution >= 4 is 58.0 Å². The molecule has 0 radical (unpaired) electrons. The van der Waals surface area contributed by atoms with E-state index in [2.05, 4.69) is 39.2 Å². The average molecular weight is 555 g/mol. The van der Waals surface area contributed by atoms with Crippen molar-refractivity contribution in [3.05, 3.63) is 40.9 Å². The highest BCUT2D eigenvalue weighted by Crippen LogP contribution is 2.32. The van der Waals surface area contributed by atoms with Crippen LogP contribution in [0, 0.1) is 0 Å². The number of fused-ring (bicyclic) bond motifs is 1. The monoisotopic (exact) mass is 554 g/mol. The van der Waals surface area contributed by atoms with Gasteiger partial charge in [-0.2, -0.15) is 0 Å². The van der Waals surface area contributed by atoms with Crippen molar-refractivity contribution < 1.29 is 4.79 Å². The predicted octanol–water partition coefficient (Wildman–Crippen LogP) is 3.58. The Kier molecular flexibility index (Phi) is 8.94. The molecule has 1 unspecified atom stereocenters. The zero-order valence-corrected chi connectivity index (χ0v) is 21.0. The first-order valence-electron chi connectivity index (χ1n) is 10.8. The maximum absolute atomic E-state index is 12.0. The molecule has 168 valence electrons. The van der Waals surface area contributed by atoms with Crippen LogP contribution >= 0.6 is 35.3 Å². The molecule has 2 aliphatic heterocycles. The number of para-hydroxylation sites is 1. The second-order valence-electron chi connectivity index (χ2n) is 7.75. The largest absolute Gasteiger partial charge is 0.357 e. The van der Waals surface area contributed by atoms with E-state index >= 15 is 0 Å². The van der Waals surface area contributed by atoms with Gasteiger partial charge in [0.15, 0.2) is 11.1 Å². The summed E-state index contributed by atoms with van der Waals surface area (Å²) in [6, 6.07) is 8.00. The lowest BCUT2D eigenvalue weighted by Crippen LogP contribution is -2.39. The molecule has 2 aliphatic rings. The molecule has 2 aromatic rings. The molecule has 1 aromatic heterocycles. The molecule has 3 heterocycles. The summed E-state index contributed by atoms with van der Waals surface area (Å²) >= 11 is 1.74. The summed E-state index contributed by atoms with van der Waals surface area (Å²) in [6.45, 7) is 6.47.